The van der Waals surface area contributed by atoms with Crippen molar-refractivity contribution in [3.63, 3.8) is 0 Å². The van der Waals surface area contributed by atoms with Crippen LogP contribution < -0.4 is 0 Å². The zero-order valence-corrected chi connectivity index (χ0v) is 26.3. The van der Waals surface area contributed by atoms with Gasteiger partial charge in [-0.2, -0.15) is 0 Å². The molecule has 0 fully saturated rings. The monoisotopic (exact) mass is 625 g/mol. The largest absolute Gasteiger partial charge is 0.455 e. The molecular weight excluding hydrogens is 599 g/mol. The fraction of sp³-hybridized carbons (Fsp3) is 0. The molecule has 10 aromatic rings. The second-order valence-corrected chi connectivity index (χ2v) is 12.4. The minimum atomic E-state index is 0.634. The second-order valence-electron chi connectivity index (χ2n) is 12.4. The Morgan fingerprint density at radius 3 is 1.49 bits per heavy atom. The molecule has 0 atom stereocenters. The number of benzene rings is 8. The van der Waals surface area contributed by atoms with E-state index in [1.807, 2.05) is 48.5 Å². The molecule has 0 bridgehead atoms. The van der Waals surface area contributed by atoms with Gasteiger partial charge in [-0.25, -0.2) is 15.0 Å². The van der Waals surface area contributed by atoms with Crippen molar-refractivity contribution in [2.75, 3.05) is 0 Å². The molecule has 10 rings (SSSR count). The third kappa shape index (κ3) is 4.49. The molecule has 228 valence electrons. The molecule has 0 saturated carbocycles. The van der Waals surface area contributed by atoms with Crippen LogP contribution in [-0.4, -0.2) is 15.0 Å². The molecule has 8 aromatic carbocycles. The van der Waals surface area contributed by atoms with E-state index >= 15 is 0 Å². The molecule has 0 aliphatic carbocycles. The molecule has 2 heterocycles. The van der Waals surface area contributed by atoms with E-state index in [0.29, 0.717) is 17.5 Å². The highest BCUT2D eigenvalue weighted by Crippen LogP contribution is 2.42. The minimum absolute atomic E-state index is 0.634. The molecule has 49 heavy (non-hydrogen) atoms. The average Bonchev–Trinajstić information content (AvgIpc) is 3.57. The van der Waals surface area contributed by atoms with E-state index in [2.05, 4.69) is 115 Å². The molecule has 0 saturated heterocycles. The minimum Gasteiger partial charge on any atom is -0.455 e. The van der Waals surface area contributed by atoms with E-state index in [-0.39, 0.29) is 0 Å². The van der Waals surface area contributed by atoms with Crippen LogP contribution in [0.1, 0.15) is 0 Å². The van der Waals surface area contributed by atoms with Crippen LogP contribution in [0.3, 0.4) is 0 Å². The molecular formula is C45H27N3O. The normalized spacial score (nSPS) is 11.7. The van der Waals surface area contributed by atoms with Crippen molar-refractivity contribution in [1.82, 2.24) is 15.0 Å². The summed E-state index contributed by atoms with van der Waals surface area (Å²) in [5, 5.41) is 9.19. The fourth-order valence-electron chi connectivity index (χ4n) is 7.15. The summed E-state index contributed by atoms with van der Waals surface area (Å²) < 4.78 is 6.53. The maximum Gasteiger partial charge on any atom is 0.164 e. The first kappa shape index (κ1) is 27.5. The first-order chi connectivity index (χ1) is 24.3. The highest BCUT2D eigenvalue weighted by Gasteiger charge is 2.18. The van der Waals surface area contributed by atoms with Crippen molar-refractivity contribution in [2.45, 2.75) is 0 Å². The Balaban J connectivity index is 1.18. The maximum absolute atomic E-state index is 6.53. The Bertz CT molecular complexity index is 2840. The van der Waals surface area contributed by atoms with Gasteiger partial charge in [-0.15, -0.1) is 0 Å². The zero-order valence-electron chi connectivity index (χ0n) is 26.3. The van der Waals surface area contributed by atoms with Crippen LogP contribution in [0.2, 0.25) is 0 Å². The number of nitrogens with zero attached hydrogens (tertiary/aromatic N) is 3. The van der Waals surface area contributed by atoms with Gasteiger partial charge < -0.3 is 4.42 Å². The number of furan rings is 1. The van der Waals surface area contributed by atoms with E-state index in [4.69, 9.17) is 19.4 Å². The highest BCUT2D eigenvalue weighted by atomic mass is 16.3. The summed E-state index contributed by atoms with van der Waals surface area (Å²) in [4.78, 5) is 15.1. The number of fused-ring (bicyclic) bond motifs is 10. The van der Waals surface area contributed by atoms with Gasteiger partial charge in [-0.05, 0) is 56.3 Å². The van der Waals surface area contributed by atoms with Crippen LogP contribution in [0.25, 0.3) is 99.5 Å². The Hall–Kier alpha value is -6.65. The van der Waals surface area contributed by atoms with Crippen molar-refractivity contribution >= 4 is 54.3 Å². The van der Waals surface area contributed by atoms with Crippen molar-refractivity contribution in [2.24, 2.45) is 0 Å². The van der Waals surface area contributed by atoms with E-state index in [0.717, 1.165) is 76.5 Å². The fourth-order valence-corrected chi connectivity index (χ4v) is 7.15. The van der Waals surface area contributed by atoms with E-state index in [1.54, 1.807) is 0 Å². The number of para-hydroxylation sites is 1. The van der Waals surface area contributed by atoms with Gasteiger partial charge in [0.15, 0.2) is 17.5 Å². The summed E-state index contributed by atoms with van der Waals surface area (Å²) in [6, 6.07) is 56.8. The first-order valence-electron chi connectivity index (χ1n) is 16.4. The molecule has 0 aliphatic heterocycles. The van der Waals surface area contributed by atoms with Crippen molar-refractivity contribution in [3.8, 4) is 45.3 Å². The Morgan fingerprint density at radius 1 is 0.306 bits per heavy atom. The van der Waals surface area contributed by atoms with E-state index < -0.39 is 0 Å². The molecule has 4 heteroatoms. The third-order valence-corrected chi connectivity index (χ3v) is 9.52. The Labute approximate surface area is 282 Å². The zero-order chi connectivity index (χ0) is 32.3. The highest BCUT2D eigenvalue weighted by molar-refractivity contribution is 6.32. The van der Waals surface area contributed by atoms with Gasteiger partial charge in [0.1, 0.15) is 11.2 Å². The molecule has 0 N–H and O–H groups in total. The summed E-state index contributed by atoms with van der Waals surface area (Å²) in [6.07, 6.45) is 0. The lowest BCUT2D eigenvalue weighted by atomic mass is 9.92. The summed E-state index contributed by atoms with van der Waals surface area (Å²) in [5.74, 6) is 1.91. The van der Waals surface area contributed by atoms with Crippen molar-refractivity contribution < 1.29 is 4.42 Å². The average molecular weight is 626 g/mol. The van der Waals surface area contributed by atoms with Gasteiger partial charge in [-0.1, -0.05) is 146 Å². The van der Waals surface area contributed by atoms with E-state index in [1.165, 1.54) is 5.56 Å². The van der Waals surface area contributed by atoms with Crippen LogP contribution in [0.5, 0.6) is 0 Å². The van der Waals surface area contributed by atoms with Gasteiger partial charge in [0.05, 0.1) is 0 Å². The second kappa shape index (κ2) is 11.0. The summed E-state index contributed by atoms with van der Waals surface area (Å²) in [7, 11) is 0. The van der Waals surface area contributed by atoms with Gasteiger partial charge in [0.2, 0.25) is 0 Å². The summed E-state index contributed by atoms with van der Waals surface area (Å²) in [6.45, 7) is 0. The van der Waals surface area contributed by atoms with Gasteiger partial charge in [0, 0.05) is 32.8 Å². The number of aromatic nitrogens is 3. The lowest BCUT2D eigenvalue weighted by Crippen LogP contribution is -2.00. The predicted octanol–water partition coefficient (Wildman–Crippen LogP) is 11.9. The van der Waals surface area contributed by atoms with Crippen molar-refractivity contribution in [3.05, 3.63) is 164 Å². The van der Waals surface area contributed by atoms with E-state index in [9.17, 15) is 0 Å². The Morgan fingerprint density at radius 2 is 0.755 bits per heavy atom. The van der Waals surface area contributed by atoms with Crippen molar-refractivity contribution in [1.29, 1.82) is 0 Å². The Kier molecular flexibility index (Phi) is 6.15. The molecule has 0 aliphatic rings. The van der Waals surface area contributed by atoms with Crippen LogP contribution in [0.4, 0.5) is 0 Å². The molecule has 0 spiro atoms. The van der Waals surface area contributed by atoms with Gasteiger partial charge in [0.25, 0.3) is 0 Å². The summed E-state index contributed by atoms with van der Waals surface area (Å²) in [5.41, 5.74) is 6.97. The molecule has 2 aromatic heterocycles. The first-order valence-corrected chi connectivity index (χ1v) is 16.4. The lowest BCUT2D eigenvalue weighted by molar-refractivity contribution is 0.673. The third-order valence-electron chi connectivity index (χ3n) is 9.52. The molecule has 0 amide bonds. The smallest absolute Gasteiger partial charge is 0.164 e. The number of hydrogen-bond acceptors (Lipinski definition) is 4. The standard InChI is InChI=1S/C45H27N3O/c1-3-11-28(12-4-1)29-19-21-31(22-20-29)44-46-43(30-13-5-2-6-14-30)47-45(48-44)32-23-24-34-37-25-26-38-35-16-9-10-18-40(35)49-42(38)41(37)36-17-8-7-15-33(36)39(34)27-32/h1-27H. The maximum atomic E-state index is 6.53. The van der Waals surface area contributed by atoms with Gasteiger partial charge >= 0.3 is 0 Å². The van der Waals surface area contributed by atoms with Gasteiger partial charge in [-0.3, -0.25) is 0 Å². The molecule has 4 nitrogen and oxygen atoms in total. The summed E-state index contributed by atoms with van der Waals surface area (Å²) >= 11 is 0. The molecule has 0 unspecified atom stereocenters. The topological polar surface area (TPSA) is 51.8 Å². The number of hydrogen-bond donors (Lipinski definition) is 0. The van der Waals surface area contributed by atoms with Crippen LogP contribution >= 0.6 is 0 Å². The van der Waals surface area contributed by atoms with Crippen LogP contribution in [0.15, 0.2) is 168 Å². The predicted molar refractivity (Wildman–Crippen MR) is 201 cm³/mol. The number of rotatable bonds is 4. The molecule has 0 radical (unpaired) electrons. The quantitative estimate of drug-likeness (QED) is 0.183. The van der Waals surface area contributed by atoms with Crippen LogP contribution in [-0.2, 0) is 0 Å². The lowest BCUT2D eigenvalue weighted by Gasteiger charge is -2.13. The van der Waals surface area contributed by atoms with Crippen LogP contribution in [0, 0.1) is 0 Å². The SMILES string of the molecule is c1ccc(-c2ccc(-c3nc(-c4ccccc4)nc(-c4ccc5c(c4)c4ccccc4c4c5ccc5c6ccccc6oc54)n3)cc2)cc1.